The van der Waals surface area contributed by atoms with Gasteiger partial charge in [0.15, 0.2) is 0 Å². The molecule has 172 valence electrons. The molecule has 8 heteroatoms. The molecule has 0 aromatic carbocycles. The van der Waals surface area contributed by atoms with Crippen LogP contribution in [-0.4, -0.2) is 39.8 Å². The van der Waals surface area contributed by atoms with Gasteiger partial charge in [0.1, 0.15) is 29.1 Å². The van der Waals surface area contributed by atoms with Crippen LogP contribution in [0.25, 0.3) is 11.0 Å². The Hall–Kier alpha value is -3.60. The van der Waals surface area contributed by atoms with Crippen LogP contribution in [0.1, 0.15) is 39.3 Å². The maximum Gasteiger partial charge on any atom is 0.252 e. The lowest BCUT2D eigenvalue weighted by molar-refractivity contribution is 0.104. The van der Waals surface area contributed by atoms with Crippen molar-refractivity contribution in [3.8, 4) is 17.7 Å². The van der Waals surface area contributed by atoms with E-state index in [1.54, 1.807) is 36.0 Å². The van der Waals surface area contributed by atoms with Gasteiger partial charge >= 0.3 is 0 Å². The average Bonchev–Trinajstić information content (AvgIpc) is 2.82. The summed E-state index contributed by atoms with van der Waals surface area (Å²) in [5.74, 6) is 1.56. The van der Waals surface area contributed by atoms with Gasteiger partial charge in [0.25, 0.3) is 5.56 Å². The minimum atomic E-state index is -0.0941. The normalized spacial score (nSPS) is 18.4. The maximum absolute atomic E-state index is 12.6. The highest BCUT2D eigenvalue weighted by Gasteiger charge is 2.31. The van der Waals surface area contributed by atoms with Gasteiger partial charge in [0, 0.05) is 44.6 Å². The van der Waals surface area contributed by atoms with Crippen molar-refractivity contribution in [2.45, 2.75) is 45.8 Å². The Morgan fingerprint density at radius 2 is 2.09 bits per heavy atom. The highest BCUT2D eigenvalue weighted by atomic mass is 16.5. The van der Waals surface area contributed by atoms with Crippen LogP contribution in [-0.2, 0) is 7.05 Å². The zero-order chi connectivity index (χ0) is 23.5. The summed E-state index contributed by atoms with van der Waals surface area (Å²) in [6, 6.07) is 10.9. The SMILES string of the molecule is CCC1CN(c2cc(=O)n(C)c3ccc(C#N)nc23)CC[C@H]1Oc1ccc(OC(C)C)cn1. The van der Waals surface area contributed by atoms with Crippen LogP contribution < -0.4 is 19.9 Å². The summed E-state index contributed by atoms with van der Waals surface area (Å²) in [6.07, 6.45) is 3.53. The summed E-state index contributed by atoms with van der Waals surface area (Å²) < 4.78 is 13.5. The first-order valence-electron chi connectivity index (χ1n) is 11.3. The van der Waals surface area contributed by atoms with Crippen molar-refractivity contribution in [1.29, 1.82) is 5.26 Å². The van der Waals surface area contributed by atoms with Gasteiger partial charge in [0.2, 0.25) is 5.88 Å². The summed E-state index contributed by atoms with van der Waals surface area (Å²) >= 11 is 0. The Balaban J connectivity index is 1.56. The molecule has 1 aliphatic rings. The van der Waals surface area contributed by atoms with Gasteiger partial charge < -0.3 is 18.9 Å². The summed E-state index contributed by atoms with van der Waals surface area (Å²) in [5, 5.41) is 9.31. The van der Waals surface area contributed by atoms with Crippen molar-refractivity contribution >= 4 is 16.7 Å². The molecule has 0 aliphatic carbocycles. The quantitative estimate of drug-likeness (QED) is 0.569. The van der Waals surface area contributed by atoms with E-state index in [0.29, 0.717) is 17.1 Å². The fourth-order valence-corrected chi connectivity index (χ4v) is 4.33. The van der Waals surface area contributed by atoms with E-state index in [-0.39, 0.29) is 23.7 Å². The van der Waals surface area contributed by atoms with Gasteiger partial charge in [-0.3, -0.25) is 4.79 Å². The third-order valence-electron chi connectivity index (χ3n) is 6.07. The molecule has 0 radical (unpaired) electrons. The number of anilines is 1. The van der Waals surface area contributed by atoms with Gasteiger partial charge in [-0.05, 0) is 38.5 Å². The second kappa shape index (κ2) is 9.49. The Morgan fingerprint density at radius 3 is 2.76 bits per heavy atom. The number of hydrogen-bond acceptors (Lipinski definition) is 7. The number of hydrogen-bond donors (Lipinski definition) is 0. The standard InChI is InChI=1S/C25H29N5O3/c1-5-17-15-30(11-10-22(17)33-23-9-7-19(14-27-23)32-16(2)3)21-12-24(31)29(4)20-8-6-18(13-26)28-25(20)21/h6-9,12,14,16-17,22H,5,10-11,15H2,1-4H3/t17?,22-/m1/s1. The van der Waals surface area contributed by atoms with E-state index in [1.807, 2.05) is 26.0 Å². The van der Waals surface area contributed by atoms with Crippen LogP contribution in [0.2, 0.25) is 0 Å². The van der Waals surface area contributed by atoms with Gasteiger partial charge in [0.05, 0.1) is 23.5 Å². The molecule has 33 heavy (non-hydrogen) atoms. The first-order valence-corrected chi connectivity index (χ1v) is 11.3. The average molecular weight is 448 g/mol. The number of piperidine rings is 1. The summed E-state index contributed by atoms with van der Waals surface area (Å²) in [4.78, 5) is 23.7. The Bertz CT molecular complexity index is 1230. The zero-order valence-electron chi connectivity index (χ0n) is 19.5. The summed E-state index contributed by atoms with van der Waals surface area (Å²) in [7, 11) is 1.72. The van der Waals surface area contributed by atoms with Crippen molar-refractivity contribution in [3.63, 3.8) is 0 Å². The second-order valence-electron chi connectivity index (χ2n) is 8.66. The third kappa shape index (κ3) is 4.77. The van der Waals surface area contributed by atoms with Gasteiger partial charge in [-0.1, -0.05) is 6.92 Å². The maximum atomic E-state index is 12.6. The van der Waals surface area contributed by atoms with Crippen molar-refractivity contribution in [1.82, 2.24) is 14.5 Å². The van der Waals surface area contributed by atoms with Gasteiger partial charge in [-0.25, -0.2) is 9.97 Å². The van der Waals surface area contributed by atoms with Crippen LogP contribution in [0.15, 0.2) is 41.3 Å². The molecule has 3 aromatic heterocycles. The lowest BCUT2D eigenvalue weighted by Crippen LogP contribution is -2.46. The molecule has 8 nitrogen and oxygen atoms in total. The molecule has 0 spiro atoms. The number of fused-ring (bicyclic) bond motifs is 1. The van der Waals surface area contributed by atoms with Crippen LogP contribution in [0.5, 0.6) is 11.6 Å². The van der Waals surface area contributed by atoms with Crippen LogP contribution in [0.3, 0.4) is 0 Å². The molecule has 1 aliphatic heterocycles. The number of aromatic nitrogens is 3. The number of aryl methyl sites for hydroxylation is 1. The Kier molecular flexibility index (Phi) is 6.50. The molecule has 0 bridgehead atoms. The van der Waals surface area contributed by atoms with E-state index in [4.69, 9.17) is 9.47 Å². The molecule has 3 aromatic rings. The van der Waals surface area contributed by atoms with Crippen LogP contribution in [0, 0.1) is 17.2 Å². The molecule has 0 N–H and O–H groups in total. The van der Waals surface area contributed by atoms with Crippen molar-refractivity contribution < 1.29 is 9.47 Å². The molecular weight excluding hydrogens is 418 g/mol. The number of pyridine rings is 3. The monoisotopic (exact) mass is 447 g/mol. The first-order chi connectivity index (χ1) is 15.9. The minimum Gasteiger partial charge on any atom is -0.489 e. The van der Waals surface area contributed by atoms with Crippen molar-refractivity contribution in [2.75, 3.05) is 18.0 Å². The lowest BCUT2D eigenvalue weighted by Gasteiger charge is -2.39. The fraction of sp³-hybridized carbons (Fsp3) is 0.440. The highest BCUT2D eigenvalue weighted by molar-refractivity contribution is 5.88. The first kappa shape index (κ1) is 22.6. The lowest BCUT2D eigenvalue weighted by atomic mass is 9.91. The zero-order valence-corrected chi connectivity index (χ0v) is 19.5. The van der Waals surface area contributed by atoms with Crippen LogP contribution >= 0.6 is 0 Å². The molecular formula is C25H29N5O3. The van der Waals surface area contributed by atoms with Gasteiger partial charge in [-0.15, -0.1) is 0 Å². The summed E-state index contributed by atoms with van der Waals surface area (Å²) in [6.45, 7) is 7.55. The largest absolute Gasteiger partial charge is 0.489 e. The van der Waals surface area contributed by atoms with E-state index in [2.05, 4.69) is 27.9 Å². The Morgan fingerprint density at radius 1 is 1.27 bits per heavy atom. The Labute approximate surface area is 193 Å². The number of nitrogens with zero attached hydrogens (tertiary/aromatic N) is 5. The van der Waals surface area contributed by atoms with E-state index >= 15 is 0 Å². The molecule has 4 rings (SSSR count). The minimum absolute atomic E-state index is 0.0241. The summed E-state index contributed by atoms with van der Waals surface area (Å²) in [5.41, 5.74) is 2.41. The van der Waals surface area contributed by atoms with Gasteiger partial charge in [-0.2, -0.15) is 5.26 Å². The van der Waals surface area contributed by atoms with Crippen molar-refractivity contribution in [2.24, 2.45) is 13.0 Å². The van der Waals surface area contributed by atoms with E-state index in [9.17, 15) is 10.1 Å². The molecule has 1 unspecified atom stereocenters. The second-order valence-corrected chi connectivity index (χ2v) is 8.66. The van der Waals surface area contributed by atoms with E-state index in [0.717, 1.165) is 42.9 Å². The highest BCUT2D eigenvalue weighted by Crippen LogP contribution is 2.31. The van der Waals surface area contributed by atoms with E-state index in [1.165, 1.54) is 0 Å². The predicted octanol–water partition coefficient (Wildman–Crippen LogP) is 3.67. The van der Waals surface area contributed by atoms with Crippen LogP contribution in [0.4, 0.5) is 5.69 Å². The molecule has 1 fully saturated rings. The topological polar surface area (TPSA) is 93.3 Å². The number of nitriles is 1. The predicted molar refractivity (Wildman–Crippen MR) is 127 cm³/mol. The molecule has 0 saturated carbocycles. The smallest absolute Gasteiger partial charge is 0.252 e. The van der Waals surface area contributed by atoms with Crippen molar-refractivity contribution in [3.05, 3.63) is 52.6 Å². The third-order valence-corrected chi connectivity index (χ3v) is 6.07. The fourth-order valence-electron chi connectivity index (χ4n) is 4.33. The molecule has 0 amide bonds. The van der Waals surface area contributed by atoms with E-state index < -0.39 is 0 Å². The number of rotatable bonds is 6. The number of ether oxygens (including phenoxy) is 2. The molecule has 1 saturated heterocycles. The molecule has 2 atom stereocenters. The molecule has 4 heterocycles.